The highest BCUT2D eigenvalue weighted by molar-refractivity contribution is 6.02. The molecule has 0 bridgehead atoms. The van der Waals surface area contributed by atoms with Crippen molar-refractivity contribution in [2.45, 2.75) is 20.3 Å². The predicted molar refractivity (Wildman–Crippen MR) is 68.2 cm³/mol. The van der Waals surface area contributed by atoms with E-state index in [0.717, 1.165) is 4.73 Å². The minimum absolute atomic E-state index is 0.320. The molecule has 4 nitrogen and oxygen atoms in total. The third-order valence-corrected chi connectivity index (χ3v) is 2.84. The molecule has 0 saturated heterocycles. The number of pyridine rings is 1. The van der Waals surface area contributed by atoms with Crippen molar-refractivity contribution in [1.29, 1.82) is 0 Å². The first kappa shape index (κ1) is 12.4. The molecule has 0 aliphatic heterocycles. The van der Waals surface area contributed by atoms with Gasteiger partial charge in [-0.3, -0.25) is 0 Å². The van der Waals surface area contributed by atoms with Gasteiger partial charge in [0, 0.05) is 18.6 Å². The van der Waals surface area contributed by atoms with E-state index in [9.17, 15) is 10.0 Å². The van der Waals surface area contributed by atoms with E-state index >= 15 is 0 Å². The Bertz CT molecular complexity index is 593. The molecular formula is C14H15NO3. The van der Waals surface area contributed by atoms with Gasteiger partial charge >= 0.3 is 5.97 Å². The highest BCUT2D eigenvalue weighted by atomic mass is 16.5. The van der Waals surface area contributed by atoms with Gasteiger partial charge in [0.2, 0.25) is 5.52 Å². The van der Waals surface area contributed by atoms with Crippen LogP contribution in [0, 0.1) is 5.21 Å². The Morgan fingerprint density at radius 2 is 2.06 bits per heavy atom. The number of para-hydroxylation sites is 1. The molecule has 0 amide bonds. The highest BCUT2D eigenvalue weighted by Gasteiger charge is 2.19. The van der Waals surface area contributed by atoms with E-state index in [1.807, 2.05) is 6.92 Å². The number of esters is 1. The first-order chi connectivity index (χ1) is 8.69. The number of rotatable bonds is 3. The number of carbonyl (C=O) groups is 1. The minimum atomic E-state index is -0.385. The van der Waals surface area contributed by atoms with E-state index in [1.54, 1.807) is 37.3 Å². The van der Waals surface area contributed by atoms with Gasteiger partial charge in [-0.05, 0) is 13.0 Å². The zero-order valence-corrected chi connectivity index (χ0v) is 10.5. The number of aromatic nitrogens is 1. The summed E-state index contributed by atoms with van der Waals surface area (Å²) in [5.41, 5.74) is 1.52. The molecule has 18 heavy (non-hydrogen) atoms. The van der Waals surface area contributed by atoms with Crippen LogP contribution in [0.4, 0.5) is 0 Å². The van der Waals surface area contributed by atoms with Crippen molar-refractivity contribution in [2.75, 3.05) is 6.61 Å². The van der Waals surface area contributed by atoms with Crippen LogP contribution in [-0.2, 0) is 11.2 Å². The zero-order chi connectivity index (χ0) is 13.1. The summed E-state index contributed by atoms with van der Waals surface area (Å²) in [5, 5.41) is 12.7. The lowest BCUT2D eigenvalue weighted by molar-refractivity contribution is -0.585. The van der Waals surface area contributed by atoms with Gasteiger partial charge in [0.1, 0.15) is 0 Å². The van der Waals surface area contributed by atoms with Gasteiger partial charge in [0.25, 0.3) is 0 Å². The predicted octanol–water partition coefficient (Wildman–Crippen LogP) is 2.21. The monoisotopic (exact) mass is 245 g/mol. The van der Waals surface area contributed by atoms with Crippen molar-refractivity contribution in [3.63, 3.8) is 0 Å². The molecule has 0 fully saturated rings. The van der Waals surface area contributed by atoms with Crippen LogP contribution in [-0.4, -0.2) is 12.6 Å². The molecule has 2 aromatic rings. The average molecular weight is 245 g/mol. The lowest BCUT2D eigenvalue weighted by Crippen LogP contribution is -2.33. The normalized spacial score (nSPS) is 10.6. The summed E-state index contributed by atoms with van der Waals surface area (Å²) in [4.78, 5) is 11.9. The summed E-state index contributed by atoms with van der Waals surface area (Å²) in [6.45, 7) is 3.96. The van der Waals surface area contributed by atoms with Crippen molar-refractivity contribution < 1.29 is 14.3 Å². The van der Waals surface area contributed by atoms with Gasteiger partial charge < -0.3 is 9.94 Å². The van der Waals surface area contributed by atoms with Crippen molar-refractivity contribution in [3.05, 3.63) is 46.8 Å². The maximum Gasteiger partial charge on any atom is 0.339 e. The Morgan fingerprint density at radius 3 is 2.72 bits per heavy atom. The van der Waals surface area contributed by atoms with Gasteiger partial charge in [0.05, 0.1) is 17.6 Å². The Hall–Kier alpha value is -2.10. The maximum absolute atomic E-state index is 12.1. The van der Waals surface area contributed by atoms with Gasteiger partial charge in [-0.15, -0.1) is 0 Å². The van der Waals surface area contributed by atoms with Crippen LogP contribution in [0.2, 0.25) is 0 Å². The van der Waals surface area contributed by atoms with Crippen molar-refractivity contribution in [1.82, 2.24) is 0 Å². The van der Waals surface area contributed by atoms with Crippen LogP contribution in [0.3, 0.4) is 0 Å². The smallest absolute Gasteiger partial charge is 0.339 e. The third-order valence-electron chi connectivity index (χ3n) is 2.84. The number of ether oxygens (including phenoxy) is 1. The number of fused-ring (bicyclic) bond motifs is 1. The molecule has 0 saturated carbocycles. The Kier molecular flexibility index (Phi) is 3.46. The summed E-state index contributed by atoms with van der Waals surface area (Å²) >= 11 is 0. The first-order valence-corrected chi connectivity index (χ1v) is 6.00. The number of nitrogens with zero attached hydrogens (tertiary/aromatic N) is 1. The number of carbonyl (C=O) groups excluding carboxylic acids is 1. The summed E-state index contributed by atoms with van der Waals surface area (Å²) in [6, 6.07) is 8.68. The van der Waals surface area contributed by atoms with Crippen LogP contribution in [0.1, 0.15) is 29.9 Å². The number of hydrogen-bond acceptors (Lipinski definition) is 3. The molecule has 94 valence electrons. The van der Waals surface area contributed by atoms with Crippen LogP contribution in [0.15, 0.2) is 30.3 Å². The van der Waals surface area contributed by atoms with Gasteiger partial charge in [0.15, 0.2) is 5.69 Å². The molecule has 4 heteroatoms. The molecule has 0 N–H and O–H groups in total. The van der Waals surface area contributed by atoms with Gasteiger partial charge in [-0.2, -0.15) is 4.73 Å². The van der Waals surface area contributed by atoms with Crippen molar-refractivity contribution in [3.8, 4) is 0 Å². The van der Waals surface area contributed by atoms with E-state index in [-0.39, 0.29) is 5.97 Å². The lowest BCUT2D eigenvalue weighted by atomic mass is 10.1. The standard InChI is InChI=1S/C14H15NO3/c1-3-10-9-12(14(16)18-4-2)11-7-5-6-8-13(11)15(10)17/h5-9H,3-4H2,1-2H3. The Labute approximate surface area is 105 Å². The number of benzene rings is 1. The highest BCUT2D eigenvalue weighted by Crippen LogP contribution is 2.18. The first-order valence-electron chi connectivity index (χ1n) is 6.00. The summed E-state index contributed by atoms with van der Waals surface area (Å²) in [5.74, 6) is -0.385. The second-order valence-electron chi connectivity index (χ2n) is 3.93. The molecule has 2 rings (SSSR count). The topological polar surface area (TPSA) is 53.2 Å². The molecule has 1 heterocycles. The van der Waals surface area contributed by atoms with Crippen molar-refractivity contribution in [2.24, 2.45) is 0 Å². The second kappa shape index (κ2) is 5.04. The molecule has 0 aliphatic carbocycles. The minimum Gasteiger partial charge on any atom is -0.618 e. The van der Waals surface area contributed by atoms with Crippen LogP contribution < -0.4 is 4.73 Å². The van der Waals surface area contributed by atoms with Gasteiger partial charge in [-0.1, -0.05) is 19.1 Å². The molecule has 0 unspecified atom stereocenters. The zero-order valence-electron chi connectivity index (χ0n) is 10.5. The van der Waals surface area contributed by atoms with Crippen molar-refractivity contribution >= 4 is 16.9 Å². The largest absolute Gasteiger partial charge is 0.618 e. The fourth-order valence-corrected chi connectivity index (χ4v) is 1.96. The second-order valence-corrected chi connectivity index (χ2v) is 3.93. The fourth-order valence-electron chi connectivity index (χ4n) is 1.96. The molecule has 1 aromatic carbocycles. The maximum atomic E-state index is 12.1. The molecule has 0 spiro atoms. The molecule has 1 aromatic heterocycles. The third kappa shape index (κ3) is 2.01. The van der Waals surface area contributed by atoms with E-state index in [0.29, 0.717) is 35.2 Å². The summed E-state index contributed by atoms with van der Waals surface area (Å²) < 4.78 is 5.90. The Balaban J connectivity index is 2.72. The average Bonchev–Trinajstić information content (AvgIpc) is 2.40. The number of hydrogen-bond donors (Lipinski definition) is 0. The number of aryl methyl sites for hydroxylation is 1. The molecule has 0 aliphatic rings. The van der Waals surface area contributed by atoms with Crippen LogP contribution in [0.5, 0.6) is 0 Å². The van der Waals surface area contributed by atoms with Gasteiger partial charge in [-0.25, -0.2) is 4.79 Å². The van der Waals surface area contributed by atoms with E-state index in [1.165, 1.54) is 0 Å². The van der Waals surface area contributed by atoms with Crippen LogP contribution >= 0.6 is 0 Å². The lowest BCUT2D eigenvalue weighted by Gasteiger charge is -2.10. The summed E-state index contributed by atoms with van der Waals surface area (Å²) in [7, 11) is 0. The Morgan fingerprint density at radius 1 is 1.33 bits per heavy atom. The van der Waals surface area contributed by atoms with E-state index in [4.69, 9.17) is 4.74 Å². The van der Waals surface area contributed by atoms with E-state index in [2.05, 4.69) is 0 Å². The molecule has 0 atom stereocenters. The molecular weight excluding hydrogens is 230 g/mol. The molecule has 0 radical (unpaired) electrons. The summed E-state index contributed by atoms with van der Waals surface area (Å²) in [6.07, 6.45) is 0.570. The van der Waals surface area contributed by atoms with E-state index < -0.39 is 0 Å². The fraction of sp³-hybridized carbons (Fsp3) is 0.286. The SMILES string of the molecule is CCOC(=O)c1cc(CC)[n+]([O-])c2ccccc12. The van der Waals surface area contributed by atoms with Crippen LogP contribution in [0.25, 0.3) is 10.9 Å². The quantitative estimate of drug-likeness (QED) is 0.473.